The van der Waals surface area contributed by atoms with E-state index in [9.17, 15) is 5.26 Å². The molecular weight excluding hydrogens is 322 g/mol. The van der Waals surface area contributed by atoms with E-state index in [1.807, 2.05) is 44.6 Å². The van der Waals surface area contributed by atoms with Gasteiger partial charge in [0, 0.05) is 49.1 Å². The molecule has 0 spiro atoms. The molecule has 0 atom stereocenters. The van der Waals surface area contributed by atoms with Crippen molar-refractivity contribution in [2.75, 3.05) is 18.5 Å². The number of nitrogens with zero attached hydrogens (tertiary/aromatic N) is 5. The van der Waals surface area contributed by atoms with Crippen molar-refractivity contribution in [3.05, 3.63) is 53.2 Å². The molecule has 122 valence electrons. The van der Waals surface area contributed by atoms with Gasteiger partial charge < -0.3 is 9.47 Å². The van der Waals surface area contributed by atoms with E-state index in [1.54, 1.807) is 6.20 Å². The van der Waals surface area contributed by atoms with Crippen LogP contribution >= 0.6 is 11.6 Å². The lowest BCUT2D eigenvalue weighted by molar-refractivity contribution is 0.623. The largest absolute Gasteiger partial charge is 0.373 e. The van der Waals surface area contributed by atoms with Crippen LogP contribution in [0.1, 0.15) is 17.8 Å². The highest BCUT2D eigenvalue weighted by molar-refractivity contribution is 6.31. The fraction of sp³-hybridized carbons (Fsp3) is 0.278. The third kappa shape index (κ3) is 3.19. The summed E-state index contributed by atoms with van der Waals surface area (Å²) in [5, 5.41) is 11.0. The Morgan fingerprint density at radius 1 is 1.33 bits per heavy atom. The number of aromatic nitrogens is 3. The Morgan fingerprint density at radius 2 is 2.17 bits per heavy atom. The van der Waals surface area contributed by atoms with Crippen molar-refractivity contribution in [1.29, 1.82) is 5.26 Å². The van der Waals surface area contributed by atoms with Gasteiger partial charge in [0.2, 0.25) is 0 Å². The Kier molecular flexibility index (Phi) is 4.68. The van der Waals surface area contributed by atoms with Crippen LogP contribution in [0.25, 0.3) is 10.9 Å². The molecule has 0 N–H and O–H groups in total. The summed E-state index contributed by atoms with van der Waals surface area (Å²) >= 11 is 6.14. The van der Waals surface area contributed by atoms with Gasteiger partial charge in [-0.05, 0) is 31.5 Å². The number of anilines is 1. The predicted octanol–water partition coefficient (Wildman–Crippen LogP) is 3.79. The summed E-state index contributed by atoms with van der Waals surface area (Å²) in [4.78, 5) is 10.7. The van der Waals surface area contributed by atoms with E-state index >= 15 is 0 Å². The molecule has 24 heavy (non-hydrogen) atoms. The number of hydrogen-bond acceptors (Lipinski definition) is 4. The molecule has 3 aromatic rings. The summed E-state index contributed by atoms with van der Waals surface area (Å²) in [5.74, 6) is 1.01. The van der Waals surface area contributed by atoms with Crippen molar-refractivity contribution in [2.24, 2.45) is 0 Å². The molecule has 0 amide bonds. The number of hydrogen-bond donors (Lipinski definition) is 0. The topological polar surface area (TPSA) is 57.7 Å². The molecule has 0 aliphatic rings. The van der Waals surface area contributed by atoms with Crippen LogP contribution in [-0.2, 0) is 6.54 Å². The first kappa shape index (κ1) is 16.3. The fourth-order valence-corrected chi connectivity index (χ4v) is 3.05. The SMILES string of the molecule is Cc1nccn1CCCN(C)c1c(C#N)cnc2ccc(Cl)cc12. The minimum absolute atomic E-state index is 0.561. The van der Waals surface area contributed by atoms with E-state index in [0.717, 1.165) is 41.9 Å². The smallest absolute Gasteiger partial charge is 0.105 e. The minimum Gasteiger partial charge on any atom is -0.373 e. The van der Waals surface area contributed by atoms with Gasteiger partial charge in [-0.2, -0.15) is 5.26 Å². The van der Waals surface area contributed by atoms with E-state index < -0.39 is 0 Å². The minimum atomic E-state index is 0.561. The summed E-state index contributed by atoms with van der Waals surface area (Å²) in [7, 11) is 2.00. The van der Waals surface area contributed by atoms with Crippen LogP contribution in [0.4, 0.5) is 5.69 Å². The third-order valence-electron chi connectivity index (χ3n) is 4.12. The molecular formula is C18H18ClN5. The van der Waals surface area contributed by atoms with Crippen LogP contribution in [0, 0.1) is 18.3 Å². The molecule has 2 heterocycles. The molecule has 6 heteroatoms. The van der Waals surface area contributed by atoms with Crippen LogP contribution in [-0.4, -0.2) is 28.1 Å². The maximum absolute atomic E-state index is 9.45. The Morgan fingerprint density at radius 3 is 2.88 bits per heavy atom. The highest BCUT2D eigenvalue weighted by Crippen LogP contribution is 2.30. The predicted molar refractivity (Wildman–Crippen MR) is 96.3 cm³/mol. The summed E-state index contributed by atoms with van der Waals surface area (Å²) in [6, 6.07) is 7.80. The molecule has 0 bridgehead atoms. The van der Waals surface area contributed by atoms with E-state index in [0.29, 0.717) is 10.6 Å². The van der Waals surface area contributed by atoms with Gasteiger partial charge in [0.1, 0.15) is 11.9 Å². The van der Waals surface area contributed by atoms with Crippen molar-refractivity contribution >= 4 is 28.2 Å². The molecule has 3 rings (SSSR count). The van der Waals surface area contributed by atoms with Crippen LogP contribution in [0.15, 0.2) is 36.8 Å². The molecule has 1 aromatic carbocycles. The number of benzene rings is 1. The third-order valence-corrected chi connectivity index (χ3v) is 4.36. The highest BCUT2D eigenvalue weighted by atomic mass is 35.5. The van der Waals surface area contributed by atoms with Gasteiger partial charge in [-0.25, -0.2) is 4.98 Å². The summed E-state index contributed by atoms with van der Waals surface area (Å²) in [5.41, 5.74) is 2.28. The summed E-state index contributed by atoms with van der Waals surface area (Å²) in [6.45, 7) is 3.70. The van der Waals surface area contributed by atoms with Crippen molar-refractivity contribution < 1.29 is 0 Å². The Bertz CT molecular complexity index is 909. The molecule has 0 unspecified atom stereocenters. The first-order valence-electron chi connectivity index (χ1n) is 7.77. The molecule has 0 aliphatic carbocycles. The van der Waals surface area contributed by atoms with Gasteiger partial charge in [-0.3, -0.25) is 4.98 Å². The number of nitriles is 1. The van der Waals surface area contributed by atoms with Gasteiger partial charge in [0.15, 0.2) is 0 Å². The lowest BCUT2D eigenvalue weighted by Crippen LogP contribution is -2.21. The average Bonchev–Trinajstić information content (AvgIpc) is 2.98. The second-order valence-electron chi connectivity index (χ2n) is 5.74. The number of fused-ring (bicyclic) bond motifs is 1. The molecule has 0 aliphatic heterocycles. The van der Waals surface area contributed by atoms with E-state index in [2.05, 4.69) is 25.5 Å². The second-order valence-corrected chi connectivity index (χ2v) is 6.17. The van der Waals surface area contributed by atoms with Crippen molar-refractivity contribution in [3.8, 4) is 6.07 Å². The fourth-order valence-electron chi connectivity index (χ4n) is 2.87. The quantitative estimate of drug-likeness (QED) is 0.709. The van der Waals surface area contributed by atoms with Gasteiger partial charge in [0.25, 0.3) is 0 Å². The number of pyridine rings is 1. The number of halogens is 1. The van der Waals surface area contributed by atoms with Crippen molar-refractivity contribution in [2.45, 2.75) is 19.9 Å². The van der Waals surface area contributed by atoms with E-state index in [4.69, 9.17) is 11.6 Å². The van der Waals surface area contributed by atoms with Crippen molar-refractivity contribution in [3.63, 3.8) is 0 Å². The zero-order valence-electron chi connectivity index (χ0n) is 13.7. The van der Waals surface area contributed by atoms with Gasteiger partial charge >= 0.3 is 0 Å². The standard InChI is InChI=1S/C18H18ClN5/c1-13-21-6-9-24(13)8-3-7-23(2)18-14(11-20)12-22-17-5-4-15(19)10-16(17)18/h4-6,9-10,12H,3,7-8H2,1-2H3. The number of rotatable bonds is 5. The lowest BCUT2D eigenvalue weighted by Gasteiger charge is -2.22. The zero-order valence-corrected chi connectivity index (χ0v) is 14.5. The number of imidazole rings is 1. The Hall–Kier alpha value is -2.58. The molecule has 0 radical (unpaired) electrons. The molecule has 5 nitrogen and oxygen atoms in total. The molecule has 0 saturated heterocycles. The monoisotopic (exact) mass is 339 g/mol. The molecule has 0 fully saturated rings. The van der Waals surface area contributed by atoms with Crippen LogP contribution in [0.5, 0.6) is 0 Å². The first-order valence-corrected chi connectivity index (χ1v) is 8.15. The number of aryl methyl sites for hydroxylation is 2. The zero-order chi connectivity index (χ0) is 17.1. The summed E-state index contributed by atoms with van der Waals surface area (Å²) in [6.07, 6.45) is 6.37. The van der Waals surface area contributed by atoms with E-state index in [1.165, 1.54) is 0 Å². The maximum Gasteiger partial charge on any atom is 0.105 e. The van der Waals surface area contributed by atoms with Crippen LogP contribution in [0.3, 0.4) is 0 Å². The van der Waals surface area contributed by atoms with E-state index in [-0.39, 0.29) is 0 Å². The molecule has 0 saturated carbocycles. The normalized spacial score (nSPS) is 10.8. The average molecular weight is 340 g/mol. The molecule has 2 aromatic heterocycles. The lowest BCUT2D eigenvalue weighted by atomic mass is 10.1. The Labute approximate surface area is 146 Å². The first-order chi connectivity index (χ1) is 11.6. The van der Waals surface area contributed by atoms with Gasteiger partial charge in [0.05, 0.1) is 16.8 Å². The summed E-state index contributed by atoms with van der Waals surface area (Å²) < 4.78 is 2.13. The maximum atomic E-state index is 9.45. The second kappa shape index (κ2) is 6.90. The van der Waals surface area contributed by atoms with Gasteiger partial charge in [-0.15, -0.1) is 0 Å². The van der Waals surface area contributed by atoms with Crippen molar-refractivity contribution in [1.82, 2.24) is 14.5 Å². The highest BCUT2D eigenvalue weighted by Gasteiger charge is 2.13. The Balaban J connectivity index is 1.85. The van der Waals surface area contributed by atoms with Gasteiger partial charge in [-0.1, -0.05) is 11.6 Å². The van der Waals surface area contributed by atoms with Crippen LogP contribution < -0.4 is 4.90 Å². The van der Waals surface area contributed by atoms with Crippen LogP contribution in [0.2, 0.25) is 5.02 Å².